The summed E-state index contributed by atoms with van der Waals surface area (Å²) in [7, 11) is 0. The molecule has 0 radical (unpaired) electrons. The number of hydrogen-bond donors (Lipinski definition) is 2. The van der Waals surface area contributed by atoms with Gasteiger partial charge < -0.3 is 15.5 Å². The standard InChI is InChI=1S/C21H39N5OS.HI/c1-3-22-21(24-18-8-5-9-19(16-18)28-2)23-10-11-25-12-14-26(15-13-25)20(27)17-6-4-7-17;/h17-19H,3-16H2,1-2H3,(H2,22,23,24);1H. The van der Waals surface area contributed by atoms with Crippen LogP contribution in [0.4, 0.5) is 0 Å². The molecule has 1 aliphatic heterocycles. The molecule has 0 aromatic heterocycles. The molecule has 1 heterocycles. The minimum absolute atomic E-state index is 0. The fraction of sp³-hybridized carbons (Fsp3) is 0.905. The third kappa shape index (κ3) is 7.76. The van der Waals surface area contributed by atoms with E-state index in [1.165, 1.54) is 32.1 Å². The summed E-state index contributed by atoms with van der Waals surface area (Å²) in [5.74, 6) is 1.70. The van der Waals surface area contributed by atoms with E-state index in [9.17, 15) is 4.79 Å². The van der Waals surface area contributed by atoms with Crippen molar-refractivity contribution >= 4 is 47.6 Å². The van der Waals surface area contributed by atoms with Gasteiger partial charge in [-0.05, 0) is 45.3 Å². The lowest BCUT2D eigenvalue weighted by Crippen LogP contribution is -2.51. The van der Waals surface area contributed by atoms with E-state index >= 15 is 0 Å². The minimum Gasteiger partial charge on any atom is -0.357 e. The van der Waals surface area contributed by atoms with Gasteiger partial charge in [0.05, 0.1) is 6.54 Å². The molecular formula is C21H40IN5OS. The fourth-order valence-corrected chi connectivity index (χ4v) is 5.24. The summed E-state index contributed by atoms with van der Waals surface area (Å²) in [5.41, 5.74) is 0. The van der Waals surface area contributed by atoms with Crippen molar-refractivity contribution in [2.75, 3.05) is 52.1 Å². The number of halogens is 1. The Kier molecular flexibility index (Phi) is 11.4. The number of nitrogens with zero attached hydrogens (tertiary/aromatic N) is 3. The highest BCUT2D eigenvalue weighted by Gasteiger charge is 2.31. The van der Waals surface area contributed by atoms with Gasteiger partial charge in [-0.25, -0.2) is 0 Å². The van der Waals surface area contributed by atoms with Crippen LogP contribution in [-0.2, 0) is 4.79 Å². The maximum atomic E-state index is 12.4. The van der Waals surface area contributed by atoms with Gasteiger partial charge >= 0.3 is 0 Å². The maximum Gasteiger partial charge on any atom is 0.225 e. The van der Waals surface area contributed by atoms with Crippen molar-refractivity contribution in [2.24, 2.45) is 10.9 Å². The SMILES string of the molecule is CCNC(=NCCN1CCN(C(=O)C2CCC2)CC1)NC1CCCC(SC)C1.I. The Morgan fingerprint density at radius 2 is 1.83 bits per heavy atom. The van der Waals surface area contributed by atoms with Gasteiger partial charge in [0.15, 0.2) is 5.96 Å². The smallest absolute Gasteiger partial charge is 0.225 e. The summed E-state index contributed by atoms with van der Waals surface area (Å²) in [6.07, 6.45) is 10.8. The molecule has 2 unspecified atom stereocenters. The van der Waals surface area contributed by atoms with Crippen molar-refractivity contribution in [1.82, 2.24) is 20.4 Å². The van der Waals surface area contributed by atoms with Crippen LogP contribution in [0.2, 0.25) is 0 Å². The number of amides is 1. The molecule has 3 fully saturated rings. The van der Waals surface area contributed by atoms with Crippen molar-refractivity contribution in [3.8, 4) is 0 Å². The highest BCUT2D eigenvalue weighted by molar-refractivity contribution is 14.0. The minimum atomic E-state index is 0. The van der Waals surface area contributed by atoms with Gasteiger partial charge in [-0.3, -0.25) is 14.7 Å². The number of carbonyl (C=O) groups excluding carboxylic acids is 1. The molecule has 3 aliphatic rings. The number of carbonyl (C=O) groups is 1. The Hall–Kier alpha value is -0.220. The number of piperazine rings is 1. The Morgan fingerprint density at radius 1 is 1.10 bits per heavy atom. The van der Waals surface area contributed by atoms with Crippen molar-refractivity contribution in [2.45, 2.75) is 63.2 Å². The Morgan fingerprint density at radius 3 is 2.45 bits per heavy atom. The Labute approximate surface area is 198 Å². The molecule has 8 heteroatoms. The first kappa shape index (κ1) is 25.0. The molecule has 0 aromatic carbocycles. The molecule has 0 bridgehead atoms. The lowest BCUT2D eigenvalue weighted by atomic mass is 9.84. The zero-order chi connectivity index (χ0) is 19.8. The highest BCUT2D eigenvalue weighted by atomic mass is 127. The average Bonchev–Trinajstić information content (AvgIpc) is 2.67. The molecule has 2 aliphatic carbocycles. The van der Waals surface area contributed by atoms with Crippen LogP contribution in [0.15, 0.2) is 4.99 Å². The van der Waals surface area contributed by atoms with E-state index in [-0.39, 0.29) is 24.0 Å². The molecule has 2 saturated carbocycles. The van der Waals surface area contributed by atoms with Gasteiger partial charge in [-0.2, -0.15) is 11.8 Å². The Bertz CT molecular complexity index is 523. The van der Waals surface area contributed by atoms with Gasteiger partial charge in [0.25, 0.3) is 0 Å². The van der Waals surface area contributed by atoms with Crippen LogP contribution in [-0.4, -0.2) is 85.0 Å². The molecule has 1 saturated heterocycles. The van der Waals surface area contributed by atoms with Crippen LogP contribution in [0.1, 0.15) is 51.9 Å². The lowest BCUT2D eigenvalue weighted by molar-refractivity contribution is -0.139. The van der Waals surface area contributed by atoms with Gasteiger partial charge in [0.1, 0.15) is 0 Å². The van der Waals surface area contributed by atoms with E-state index in [4.69, 9.17) is 4.99 Å². The van der Waals surface area contributed by atoms with Gasteiger partial charge in [-0.15, -0.1) is 24.0 Å². The number of nitrogens with one attached hydrogen (secondary N) is 2. The third-order valence-electron chi connectivity index (χ3n) is 6.47. The van der Waals surface area contributed by atoms with E-state index in [2.05, 4.69) is 33.6 Å². The van der Waals surface area contributed by atoms with Crippen LogP contribution in [0.3, 0.4) is 0 Å². The fourth-order valence-electron chi connectivity index (χ4n) is 4.41. The second-order valence-corrected chi connectivity index (χ2v) is 9.56. The predicted octanol–water partition coefficient (Wildman–Crippen LogP) is 2.78. The highest BCUT2D eigenvalue weighted by Crippen LogP contribution is 2.28. The van der Waals surface area contributed by atoms with Crippen LogP contribution in [0, 0.1) is 5.92 Å². The summed E-state index contributed by atoms with van der Waals surface area (Å²) in [6, 6.07) is 0.546. The molecule has 1 amide bonds. The van der Waals surface area contributed by atoms with Gasteiger partial charge in [0.2, 0.25) is 5.91 Å². The maximum absolute atomic E-state index is 12.4. The summed E-state index contributed by atoms with van der Waals surface area (Å²) in [5, 5.41) is 7.85. The largest absolute Gasteiger partial charge is 0.357 e. The Balaban J connectivity index is 0.00000300. The molecule has 0 spiro atoms. The number of hydrogen-bond acceptors (Lipinski definition) is 4. The van der Waals surface area contributed by atoms with Crippen molar-refractivity contribution in [3.05, 3.63) is 0 Å². The average molecular weight is 538 g/mol. The van der Waals surface area contributed by atoms with Crippen LogP contribution < -0.4 is 10.6 Å². The topological polar surface area (TPSA) is 60.0 Å². The van der Waals surface area contributed by atoms with E-state index < -0.39 is 0 Å². The van der Waals surface area contributed by atoms with Gasteiger partial charge in [0, 0.05) is 56.5 Å². The van der Waals surface area contributed by atoms with Gasteiger partial charge in [-0.1, -0.05) is 12.8 Å². The van der Waals surface area contributed by atoms with Crippen LogP contribution in [0.5, 0.6) is 0 Å². The summed E-state index contributed by atoms with van der Waals surface area (Å²) < 4.78 is 0. The first-order valence-corrected chi connectivity index (χ1v) is 12.6. The van der Waals surface area contributed by atoms with E-state index in [1.807, 2.05) is 11.8 Å². The van der Waals surface area contributed by atoms with Crippen molar-refractivity contribution < 1.29 is 4.79 Å². The van der Waals surface area contributed by atoms with Crippen molar-refractivity contribution in [1.29, 1.82) is 0 Å². The van der Waals surface area contributed by atoms with Crippen LogP contribution in [0.25, 0.3) is 0 Å². The quantitative estimate of drug-likeness (QED) is 0.297. The molecule has 0 aromatic rings. The second kappa shape index (κ2) is 13.2. The van der Waals surface area contributed by atoms with Crippen molar-refractivity contribution in [3.63, 3.8) is 0 Å². The first-order chi connectivity index (χ1) is 13.7. The van der Waals surface area contributed by atoms with E-state index in [1.54, 1.807) is 0 Å². The summed E-state index contributed by atoms with van der Waals surface area (Å²) >= 11 is 2.00. The van der Waals surface area contributed by atoms with Crippen LogP contribution >= 0.6 is 35.7 Å². The number of thioether (sulfide) groups is 1. The first-order valence-electron chi connectivity index (χ1n) is 11.3. The molecular weight excluding hydrogens is 497 g/mol. The van der Waals surface area contributed by atoms with E-state index in [0.717, 1.165) is 69.9 Å². The summed E-state index contributed by atoms with van der Waals surface area (Å²) in [6.45, 7) is 8.54. The molecule has 168 valence electrons. The number of aliphatic imine (C=N–C) groups is 1. The second-order valence-electron chi connectivity index (χ2n) is 8.42. The monoisotopic (exact) mass is 537 g/mol. The molecule has 29 heavy (non-hydrogen) atoms. The lowest BCUT2D eigenvalue weighted by Gasteiger charge is -2.38. The molecule has 3 rings (SSSR count). The normalized spacial score (nSPS) is 26.4. The number of guanidine groups is 1. The van der Waals surface area contributed by atoms with E-state index in [0.29, 0.717) is 17.9 Å². The number of rotatable bonds is 7. The zero-order valence-electron chi connectivity index (χ0n) is 18.2. The third-order valence-corrected chi connectivity index (χ3v) is 7.56. The predicted molar refractivity (Wildman–Crippen MR) is 134 cm³/mol. The summed E-state index contributed by atoms with van der Waals surface area (Å²) in [4.78, 5) is 21.7. The zero-order valence-corrected chi connectivity index (χ0v) is 21.3. The molecule has 2 atom stereocenters. The molecule has 2 N–H and O–H groups in total. The molecule has 6 nitrogen and oxygen atoms in total.